The quantitative estimate of drug-likeness (QED) is 0.164. The Morgan fingerprint density at radius 2 is 1.82 bits per heavy atom. The highest BCUT2D eigenvalue weighted by molar-refractivity contribution is 7.99. The van der Waals surface area contributed by atoms with Crippen molar-refractivity contribution >= 4 is 23.7 Å². The lowest BCUT2D eigenvalue weighted by Crippen LogP contribution is -2.29. The molecular weight excluding hydrogens is 500 g/mol. The minimum absolute atomic E-state index is 0.278. The normalized spacial score (nSPS) is 14.6. The van der Waals surface area contributed by atoms with Crippen LogP contribution in [0.4, 0.5) is 5.95 Å². The van der Waals surface area contributed by atoms with Gasteiger partial charge in [0, 0.05) is 11.4 Å². The molecule has 0 spiro atoms. The average Bonchev–Trinajstić information content (AvgIpc) is 3.30. The smallest absolute Gasteiger partial charge is 0.338 e. The van der Waals surface area contributed by atoms with Crippen molar-refractivity contribution < 1.29 is 19.0 Å². The van der Waals surface area contributed by atoms with Crippen molar-refractivity contribution in [3.8, 4) is 11.5 Å². The number of ether oxygens (including phenoxy) is 3. The Bertz CT molecular complexity index is 1290. The summed E-state index contributed by atoms with van der Waals surface area (Å²) in [5.41, 5.74) is 4.29. The Morgan fingerprint density at radius 3 is 2.53 bits per heavy atom. The number of thioether (sulfide) groups is 1. The van der Waals surface area contributed by atoms with E-state index in [4.69, 9.17) is 24.3 Å². The lowest BCUT2D eigenvalue weighted by Gasteiger charge is -2.28. The number of carbonyl (C=O) groups excluding carboxylic acids is 1. The summed E-state index contributed by atoms with van der Waals surface area (Å²) in [6.07, 6.45) is 2.19. The first kappa shape index (κ1) is 27.6. The van der Waals surface area contributed by atoms with Gasteiger partial charge in [-0.2, -0.15) is 4.98 Å². The number of unbranched alkanes of at least 4 members (excludes halogenated alkanes) is 1. The molecular formula is C29H36N4O4S. The number of benzene rings is 2. The van der Waals surface area contributed by atoms with E-state index in [0.717, 1.165) is 29.7 Å². The van der Waals surface area contributed by atoms with Gasteiger partial charge in [0.05, 0.1) is 18.8 Å². The van der Waals surface area contributed by atoms with Crippen LogP contribution < -0.4 is 14.8 Å². The molecule has 0 amide bonds. The molecule has 38 heavy (non-hydrogen) atoms. The maximum absolute atomic E-state index is 13.1. The third-order valence-corrected chi connectivity index (χ3v) is 7.08. The van der Waals surface area contributed by atoms with E-state index in [1.165, 1.54) is 5.56 Å². The Labute approximate surface area is 228 Å². The van der Waals surface area contributed by atoms with Crippen LogP contribution in [0.1, 0.15) is 63.3 Å². The predicted molar refractivity (Wildman–Crippen MR) is 150 cm³/mol. The molecule has 0 saturated heterocycles. The van der Waals surface area contributed by atoms with Crippen molar-refractivity contribution in [3.63, 3.8) is 0 Å². The fraction of sp³-hybridized carbons (Fsp3) is 0.414. The molecule has 0 radical (unpaired) electrons. The molecule has 1 unspecified atom stereocenters. The second-order valence-corrected chi connectivity index (χ2v) is 10.1. The van der Waals surface area contributed by atoms with Crippen LogP contribution in [0.2, 0.25) is 0 Å². The average molecular weight is 537 g/mol. The van der Waals surface area contributed by atoms with Gasteiger partial charge in [0.25, 0.3) is 0 Å². The maximum atomic E-state index is 13.1. The van der Waals surface area contributed by atoms with Crippen LogP contribution in [0.25, 0.3) is 0 Å². The number of hydrogen-bond acceptors (Lipinski definition) is 8. The van der Waals surface area contributed by atoms with E-state index in [0.29, 0.717) is 47.1 Å². The highest BCUT2D eigenvalue weighted by Crippen LogP contribution is 2.40. The largest absolute Gasteiger partial charge is 0.490 e. The molecule has 1 N–H and O–H groups in total. The topological polar surface area (TPSA) is 87.5 Å². The molecule has 0 fully saturated rings. The Hall–Kier alpha value is -3.46. The van der Waals surface area contributed by atoms with E-state index in [-0.39, 0.29) is 12.6 Å². The number of fused-ring (bicyclic) bond motifs is 1. The van der Waals surface area contributed by atoms with E-state index in [2.05, 4.69) is 43.4 Å². The van der Waals surface area contributed by atoms with E-state index in [1.54, 1.807) is 23.4 Å². The SMILES string of the molecule is CCCCSc1nc2n(n1)C(c1ccc(OCc3ccc(C)cc3)c(OCC)c1)C(C(=O)OCC)=C(C)N2. The molecule has 1 aliphatic rings. The lowest BCUT2D eigenvalue weighted by atomic mass is 9.95. The maximum Gasteiger partial charge on any atom is 0.338 e. The van der Waals surface area contributed by atoms with Gasteiger partial charge in [-0.25, -0.2) is 9.48 Å². The summed E-state index contributed by atoms with van der Waals surface area (Å²) in [6.45, 7) is 11.0. The predicted octanol–water partition coefficient (Wildman–Crippen LogP) is 6.31. The number of aryl methyl sites for hydroxylation is 1. The number of allylic oxidation sites excluding steroid dienone is 1. The Kier molecular flexibility index (Phi) is 9.33. The first-order valence-electron chi connectivity index (χ1n) is 13.1. The van der Waals surface area contributed by atoms with Gasteiger partial charge in [-0.1, -0.05) is 61.0 Å². The number of rotatable bonds is 12. The van der Waals surface area contributed by atoms with Gasteiger partial charge in [-0.3, -0.25) is 0 Å². The summed E-state index contributed by atoms with van der Waals surface area (Å²) in [5.74, 6) is 2.39. The van der Waals surface area contributed by atoms with E-state index in [9.17, 15) is 4.79 Å². The van der Waals surface area contributed by atoms with Crippen molar-refractivity contribution in [3.05, 3.63) is 70.4 Å². The Balaban J connectivity index is 1.70. The first-order chi connectivity index (χ1) is 18.4. The molecule has 1 aromatic heterocycles. The molecule has 0 aliphatic carbocycles. The van der Waals surface area contributed by atoms with Crippen LogP contribution in [0.15, 0.2) is 58.9 Å². The van der Waals surface area contributed by atoms with E-state index >= 15 is 0 Å². The summed E-state index contributed by atoms with van der Waals surface area (Å²) in [6, 6.07) is 13.5. The zero-order valence-electron chi connectivity index (χ0n) is 22.7. The van der Waals surface area contributed by atoms with Gasteiger partial charge in [0.2, 0.25) is 11.1 Å². The summed E-state index contributed by atoms with van der Waals surface area (Å²) < 4.78 is 19.3. The fourth-order valence-electron chi connectivity index (χ4n) is 4.21. The van der Waals surface area contributed by atoms with Crippen molar-refractivity contribution in [2.24, 2.45) is 0 Å². The monoisotopic (exact) mass is 536 g/mol. The van der Waals surface area contributed by atoms with Crippen molar-refractivity contribution in [2.75, 3.05) is 24.3 Å². The van der Waals surface area contributed by atoms with E-state index in [1.807, 2.05) is 32.0 Å². The second-order valence-electron chi connectivity index (χ2n) is 9.06. The number of nitrogens with one attached hydrogen (secondary N) is 1. The van der Waals surface area contributed by atoms with Crippen molar-refractivity contribution in [1.82, 2.24) is 14.8 Å². The fourth-order valence-corrected chi connectivity index (χ4v) is 5.12. The van der Waals surface area contributed by atoms with Crippen LogP contribution in [0, 0.1) is 6.92 Å². The molecule has 0 saturated carbocycles. The van der Waals surface area contributed by atoms with Crippen LogP contribution in [-0.4, -0.2) is 39.7 Å². The van der Waals surface area contributed by atoms with Gasteiger partial charge in [0.15, 0.2) is 11.5 Å². The molecule has 4 rings (SSSR count). The molecule has 2 aromatic carbocycles. The second kappa shape index (κ2) is 12.9. The number of esters is 1. The first-order valence-corrected chi connectivity index (χ1v) is 14.1. The molecule has 1 atom stereocenters. The van der Waals surface area contributed by atoms with Gasteiger partial charge in [0.1, 0.15) is 12.6 Å². The highest BCUT2D eigenvalue weighted by atomic mass is 32.2. The number of nitrogens with zero attached hydrogens (tertiary/aromatic N) is 3. The number of aromatic nitrogens is 3. The van der Waals surface area contributed by atoms with Crippen molar-refractivity contribution in [1.29, 1.82) is 0 Å². The lowest BCUT2D eigenvalue weighted by molar-refractivity contribution is -0.139. The highest BCUT2D eigenvalue weighted by Gasteiger charge is 2.35. The molecule has 202 valence electrons. The van der Waals surface area contributed by atoms with Gasteiger partial charge < -0.3 is 19.5 Å². The van der Waals surface area contributed by atoms with Crippen LogP contribution in [0.5, 0.6) is 11.5 Å². The molecule has 0 bridgehead atoms. The summed E-state index contributed by atoms with van der Waals surface area (Å²) in [4.78, 5) is 17.8. The minimum atomic E-state index is -0.524. The molecule has 9 heteroatoms. The van der Waals surface area contributed by atoms with Gasteiger partial charge >= 0.3 is 5.97 Å². The third kappa shape index (κ3) is 6.32. The zero-order valence-corrected chi connectivity index (χ0v) is 23.6. The number of carbonyl (C=O) groups is 1. The number of hydrogen-bond donors (Lipinski definition) is 1. The minimum Gasteiger partial charge on any atom is -0.490 e. The van der Waals surface area contributed by atoms with Gasteiger partial charge in [-0.15, -0.1) is 5.10 Å². The van der Waals surface area contributed by atoms with Crippen LogP contribution in [-0.2, 0) is 16.1 Å². The summed E-state index contributed by atoms with van der Waals surface area (Å²) in [7, 11) is 0. The van der Waals surface area contributed by atoms with Gasteiger partial charge in [-0.05, 0) is 57.4 Å². The zero-order chi connectivity index (χ0) is 27.1. The Morgan fingerprint density at radius 1 is 1.03 bits per heavy atom. The number of anilines is 1. The van der Waals surface area contributed by atoms with Crippen LogP contribution >= 0.6 is 11.8 Å². The summed E-state index contributed by atoms with van der Waals surface area (Å²) >= 11 is 1.61. The van der Waals surface area contributed by atoms with E-state index < -0.39 is 6.04 Å². The molecule has 3 aromatic rings. The molecule has 1 aliphatic heterocycles. The molecule has 8 nitrogen and oxygen atoms in total. The van der Waals surface area contributed by atoms with Crippen molar-refractivity contribution in [2.45, 2.75) is 65.3 Å². The summed E-state index contributed by atoms with van der Waals surface area (Å²) in [5, 5.41) is 8.71. The third-order valence-electron chi connectivity index (χ3n) is 6.16. The van der Waals surface area contributed by atoms with Crippen LogP contribution in [0.3, 0.4) is 0 Å². The standard InChI is InChI=1S/C29H36N4O4S/c1-6-9-16-38-29-31-28-30-20(5)25(27(34)36-8-3)26(33(28)32-29)22-14-15-23(24(17-22)35-7-2)37-18-21-12-10-19(4)11-13-21/h10-15,17,26H,6-9,16,18H2,1-5H3,(H,30,31,32). The molecule has 2 heterocycles.